The Morgan fingerprint density at radius 3 is 2.33 bits per heavy atom. The second-order valence-corrected chi connectivity index (χ2v) is 2.78. The van der Waals surface area contributed by atoms with Crippen molar-refractivity contribution in [2.75, 3.05) is 20.0 Å². The van der Waals surface area contributed by atoms with Crippen molar-refractivity contribution in [3.63, 3.8) is 0 Å². The second kappa shape index (κ2) is 4.33. The van der Waals surface area contributed by atoms with Gasteiger partial charge in [-0.25, -0.2) is 0 Å². The number of methoxy groups -OCH3 is 2. The monoisotopic (exact) mass is 205 g/mol. The van der Waals surface area contributed by atoms with Gasteiger partial charge in [0, 0.05) is 17.3 Å². The maximum Gasteiger partial charge on any atom is 0.162 e. The number of anilines is 1. The van der Waals surface area contributed by atoms with Crippen molar-refractivity contribution in [3.8, 4) is 17.6 Å². The van der Waals surface area contributed by atoms with Crippen LogP contribution in [0.3, 0.4) is 0 Å². The molecule has 15 heavy (non-hydrogen) atoms. The summed E-state index contributed by atoms with van der Waals surface area (Å²) in [6.45, 7) is 0. The van der Waals surface area contributed by atoms with Crippen LogP contribution in [-0.4, -0.2) is 19.9 Å². The van der Waals surface area contributed by atoms with E-state index in [2.05, 4.69) is 0 Å². The van der Waals surface area contributed by atoms with E-state index in [-0.39, 0.29) is 5.71 Å². The first kappa shape index (κ1) is 10.9. The molecule has 0 aliphatic carbocycles. The molecular formula is C10H11N3O2. The lowest BCUT2D eigenvalue weighted by Crippen LogP contribution is -2.03. The molecule has 1 aromatic carbocycles. The van der Waals surface area contributed by atoms with Crippen LogP contribution in [0.25, 0.3) is 0 Å². The van der Waals surface area contributed by atoms with E-state index in [1.54, 1.807) is 6.07 Å². The van der Waals surface area contributed by atoms with Crippen molar-refractivity contribution < 1.29 is 9.47 Å². The summed E-state index contributed by atoms with van der Waals surface area (Å²) < 4.78 is 10.1. The van der Waals surface area contributed by atoms with Crippen LogP contribution in [0.2, 0.25) is 0 Å². The zero-order chi connectivity index (χ0) is 11.4. The van der Waals surface area contributed by atoms with Gasteiger partial charge in [-0.2, -0.15) is 5.26 Å². The highest BCUT2D eigenvalue weighted by molar-refractivity contribution is 6.13. The summed E-state index contributed by atoms with van der Waals surface area (Å²) in [6.07, 6.45) is 0. The number of nitrogens with zero attached hydrogens (tertiary/aromatic N) is 1. The summed E-state index contributed by atoms with van der Waals surface area (Å²) in [5, 5.41) is 16.0. The van der Waals surface area contributed by atoms with Crippen LogP contribution in [0.1, 0.15) is 5.56 Å². The van der Waals surface area contributed by atoms with Crippen molar-refractivity contribution in [1.29, 1.82) is 10.7 Å². The Bertz CT molecular complexity index is 435. The van der Waals surface area contributed by atoms with Gasteiger partial charge < -0.3 is 15.2 Å². The maximum atomic E-state index is 8.60. The van der Waals surface area contributed by atoms with Gasteiger partial charge in [-0.05, 0) is 6.07 Å². The standard InChI is InChI=1S/C10H11N3O2/c1-14-9-3-6(8(13)5-11)7(12)4-10(9)15-2/h3-4,13H,12H2,1-2H3. The molecule has 0 fully saturated rings. The van der Waals surface area contributed by atoms with Crippen LogP contribution in [0.15, 0.2) is 12.1 Å². The third kappa shape index (κ3) is 1.99. The Kier molecular flexibility index (Phi) is 3.13. The van der Waals surface area contributed by atoms with Gasteiger partial charge in [0.05, 0.1) is 14.2 Å². The number of nitriles is 1. The predicted octanol–water partition coefficient (Wildman–Crippen LogP) is 1.18. The van der Waals surface area contributed by atoms with Gasteiger partial charge in [0.25, 0.3) is 0 Å². The number of hydrogen-bond donors (Lipinski definition) is 2. The molecule has 3 N–H and O–H groups in total. The van der Waals surface area contributed by atoms with Crippen LogP contribution < -0.4 is 15.2 Å². The Hall–Kier alpha value is -2.22. The molecule has 0 aliphatic heterocycles. The summed E-state index contributed by atoms with van der Waals surface area (Å²) >= 11 is 0. The van der Waals surface area contributed by atoms with Crippen molar-refractivity contribution in [2.24, 2.45) is 0 Å². The van der Waals surface area contributed by atoms with Crippen molar-refractivity contribution in [1.82, 2.24) is 0 Å². The molecular weight excluding hydrogens is 194 g/mol. The fraction of sp³-hybridized carbons (Fsp3) is 0.200. The number of hydrogen-bond acceptors (Lipinski definition) is 5. The lowest BCUT2D eigenvalue weighted by molar-refractivity contribution is 0.355. The highest BCUT2D eigenvalue weighted by Gasteiger charge is 2.11. The number of rotatable bonds is 3. The molecule has 0 amide bonds. The summed E-state index contributed by atoms with van der Waals surface area (Å²) in [5.41, 5.74) is 6.13. The van der Waals surface area contributed by atoms with Gasteiger partial charge in [-0.3, -0.25) is 5.41 Å². The molecule has 0 radical (unpaired) electrons. The molecule has 0 aliphatic rings. The first-order valence-electron chi connectivity index (χ1n) is 4.14. The van der Waals surface area contributed by atoms with E-state index in [0.29, 0.717) is 22.7 Å². The minimum absolute atomic E-state index is 0.201. The summed E-state index contributed by atoms with van der Waals surface area (Å²) in [5.74, 6) is 0.922. The van der Waals surface area contributed by atoms with Gasteiger partial charge in [-0.1, -0.05) is 0 Å². The maximum absolute atomic E-state index is 8.60. The van der Waals surface area contributed by atoms with Crippen LogP contribution in [0.5, 0.6) is 11.5 Å². The van der Waals surface area contributed by atoms with E-state index >= 15 is 0 Å². The molecule has 0 unspecified atom stereocenters. The third-order valence-electron chi connectivity index (χ3n) is 1.94. The molecule has 0 heterocycles. The minimum Gasteiger partial charge on any atom is -0.493 e. The quantitative estimate of drug-likeness (QED) is 0.572. The molecule has 0 aromatic heterocycles. The van der Waals surface area contributed by atoms with Gasteiger partial charge in [0.1, 0.15) is 11.8 Å². The largest absolute Gasteiger partial charge is 0.493 e. The van der Waals surface area contributed by atoms with E-state index in [0.717, 1.165) is 0 Å². The van der Waals surface area contributed by atoms with E-state index < -0.39 is 0 Å². The lowest BCUT2D eigenvalue weighted by atomic mass is 10.1. The Labute approximate surface area is 87.5 Å². The van der Waals surface area contributed by atoms with Crippen molar-refractivity contribution >= 4 is 11.4 Å². The average Bonchev–Trinajstić information content (AvgIpc) is 2.27. The summed E-state index contributed by atoms with van der Waals surface area (Å²) in [6, 6.07) is 4.76. The minimum atomic E-state index is -0.201. The normalized spacial score (nSPS) is 9.13. The predicted molar refractivity (Wildman–Crippen MR) is 56.4 cm³/mol. The zero-order valence-corrected chi connectivity index (χ0v) is 8.50. The van der Waals surface area contributed by atoms with Gasteiger partial charge in [0.2, 0.25) is 0 Å². The first-order valence-corrected chi connectivity index (χ1v) is 4.14. The molecule has 0 spiro atoms. The fourth-order valence-electron chi connectivity index (χ4n) is 1.17. The number of ether oxygens (including phenoxy) is 2. The molecule has 78 valence electrons. The molecule has 5 heteroatoms. The van der Waals surface area contributed by atoms with Crippen LogP contribution in [0, 0.1) is 16.7 Å². The highest BCUT2D eigenvalue weighted by Crippen LogP contribution is 2.31. The van der Waals surface area contributed by atoms with Crippen molar-refractivity contribution in [2.45, 2.75) is 0 Å². The van der Waals surface area contributed by atoms with Crippen molar-refractivity contribution in [3.05, 3.63) is 17.7 Å². The molecule has 0 saturated heterocycles. The van der Waals surface area contributed by atoms with Crippen LogP contribution >= 0.6 is 0 Å². The number of nitrogens with one attached hydrogen (secondary N) is 1. The molecule has 1 aromatic rings. The average molecular weight is 205 g/mol. The summed E-state index contributed by atoms with van der Waals surface area (Å²) in [4.78, 5) is 0. The topological polar surface area (TPSA) is 92.1 Å². The molecule has 0 atom stereocenters. The molecule has 1 rings (SSSR count). The Balaban J connectivity index is 3.33. The second-order valence-electron chi connectivity index (χ2n) is 2.78. The number of benzene rings is 1. The van der Waals surface area contributed by atoms with E-state index in [4.69, 9.17) is 25.9 Å². The zero-order valence-electron chi connectivity index (χ0n) is 8.50. The lowest BCUT2D eigenvalue weighted by Gasteiger charge is -2.10. The van der Waals surface area contributed by atoms with Gasteiger partial charge in [0.15, 0.2) is 11.5 Å². The SMILES string of the molecule is COc1cc(N)c(C(=N)C#N)cc1OC. The first-order chi connectivity index (χ1) is 7.13. The summed E-state index contributed by atoms with van der Waals surface area (Å²) in [7, 11) is 2.97. The van der Waals surface area contributed by atoms with E-state index in [1.165, 1.54) is 26.4 Å². The van der Waals surface area contributed by atoms with Crippen LogP contribution in [-0.2, 0) is 0 Å². The Morgan fingerprint density at radius 1 is 1.33 bits per heavy atom. The highest BCUT2D eigenvalue weighted by atomic mass is 16.5. The molecule has 0 saturated carbocycles. The Morgan fingerprint density at radius 2 is 1.87 bits per heavy atom. The van der Waals surface area contributed by atoms with E-state index in [9.17, 15) is 0 Å². The van der Waals surface area contributed by atoms with Crippen LogP contribution in [0.4, 0.5) is 5.69 Å². The number of nitrogens with two attached hydrogens (primary N) is 1. The molecule has 5 nitrogen and oxygen atoms in total. The third-order valence-corrected chi connectivity index (χ3v) is 1.94. The van der Waals surface area contributed by atoms with E-state index in [1.807, 2.05) is 0 Å². The molecule has 0 bridgehead atoms. The van der Waals surface area contributed by atoms with Gasteiger partial charge in [-0.15, -0.1) is 0 Å². The number of nitrogen functional groups attached to an aromatic ring is 1. The smallest absolute Gasteiger partial charge is 0.162 e. The fourth-order valence-corrected chi connectivity index (χ4v) is 1.17. The van der Waals surface area contributed by atoms with Gasteiger partial charge >= 0.3 is 0 Å².